The van der Waals surface area contributed by atoms with Crippen LogP contribution in [0.2, 0.25) is 0 Å². The maximum absolute atomic E-state index is 14.8. The second kappa shape index (κ2) is 8.59. The van der Waals surface area contributed by atoms with Crippen LogP contribution in [0, 0.1) is 12.7 Å². The van der Waals surface area contributed by atoms with Gasteiger partial charge in [-0.2, -0.15) is 0 Å². The van der Waals surface area contributed by atoms with Gasteiger partial charge in [0, 0.05) is 23.2 Å². The SMILES string of the molecule is COc1ccc2c(c1)C(=O)N(Cc1ccc(C)cc1)C21C(=O)N(Cc2ccccc2)c2ccc(F)cc21. The third kappa shape index (κ3) is 3.44. The molecule has 1 spiro atoms. The van der Waals surface area contributed by atoms with Crippen molar-refractivity contribution in [1.82, 2.24) is 4.90 Å². The molecule has 2 heterocycles. The maximum atomic E-state index is 14.8. The van der Waals surface area contributed by atoms with Gasteiger partial charge in [0.1, 0.15) is 11.6 Å². The molecule has 1 unspecified atom stereocenters. The molecule has 6 rings (SSSR count). The second-order valence-corrected chi connectivity index (χ2v) is 9.54. The number of aryl methyl sites for hydroxylation is 1. The number of ether oxygens (including phenoxy) is 1. The topological polar surface area (TPSA) is 49.9 Å². The highest BCUT2D eigenvalue weighted by Gasteiger charge is 2.62. The first-order valence-corrected chi connectivity index (χ1v) is 12.2. The number of methoxy groups -OCH3 is 1. The van der Waals surface area contributed by atoms with Crippen LogP contribution in [0.3, 0.4) is 0 Å². The number of carbonyl (C=O) groups is 2. The average Bonchev–Trinajstić information content (AvgIpc) is 3.30. The van der Waals surface area contributed by atoms with Crippen LogP contribution in [-0.2, 0) is 23.4 Å². The van der Waals surface area contributed by atoms with E-state index in [-0.39, 0.29) is 18.4 Å². The standard InChI is InChI=1S/C31H25FN2O3/c1-20-8-10-22(11-9-20)19-34-29(35)25-17-24(37-2)13-14-26(25)31(34)27-16-23(32)12-15-28(27)33(30(31)36)18-21-6-4-3-5-7-21/h3-17H,18-19H2,1-2H3. The first kappa shape index (κ1) is 23.0. The Balaban J connectivity index is 1.58. The molecule has 0 radical (unpaired) electrons. The summed E-state index contributed by atoms with van der Waals surface area (Å²) in [5.41, 5.74) is 3.42. The average molecular weight is 493 g/mol. The van der Waals surface area contributed by atoms with Gasteiger partial charge in [0.2, 0.25) is 0 Å². The Bertz CT molecular complexity index is 1530. The molecular formula is C31H25FN2O3. The molecule has 1 atom stereocenters. The van der Waals surface area contributed by atoms with Crippen molar-refractivity contribution in [2.24, 2.45) is 0 Å². The number of hydrogen-bond acceptors (Lipinski definition) is 3. The van der Waals surface area contributed by atoms with Crippen molar-refractivity contribution in [1.29, 1.82) is 0 Å². The van der Waals surface area contributed by atoms with Crippen molar-refractivity contribution in [2.75, 3.05) is 12.0 Å². The number of hydrogen-bond donors (Lipinski definition) is 0. The third-order valence-electron chi connectivity index (χ3n) is 7.34. The zero-order valence-corrected chi connectivity index (χ0v) is 20.6. The number of benzene rings is 4. The predicted octanol–water partition coefficient (Wildman–Crippen LogP) is 5.59. The van der Waals surface area contributed by atoms with Gasteiger partial charge in [-0.1, -0.05) is 66.2 Å². The molecule has 6 heteroatoms. The minimum atomic E-state index is -1.49. The number of carbonyl (C=O) groups excluding carboxylic acids is 2. The molecule has 5 nitrogen and oxygen atoms in total. The highest BCUT2D eigenvalue weighted by atomic mass is 19.1. The van der Waals surface area contributed by atoms with Crippen molar-refractivity contribution < 1.29 is 18.7 Å². The zero-order valence-electron chi connectivity index (χ0n) is 20.6. The fourth-order valence-corrected chi connectivity index (χ4v) is 5.55. The number of halogens is 1. The molecule has 0 saturated heterocycles. The Morgan fingerprint density at radius 3 is 2.27 bits per heavy atom. The molecule has 2 amide bonds. The van der Waals surface area contributed by atoms with Gasteiger partial charge in [0.15, 0.2) is 5.54 Å². The van der Waals surface area contributed by atoms with Crippen LogP contribution in [-0.4, -0.2) is 23.8 Å². The van der Waals surface area contributed by atoms with Gasteiger partial charge in [0.25, 0.3) is 11.8 Å². The lowest BCUT2D eigenvalue weighted by atomic mass is 9.83. The summed E-state index contributed by atoms with van der Waals surface area (Å²) in [6, 6.07) is 27.1. The van der Waals surface area contributed by atoms with E-state index in [0.29, 0.717) is 34.7 Å². The predicted molar refractivity (Wildman–Crippen MR) is 139 cm³/mol. The van der Waals surface area contributed by atoms with E-state index in [1.165, 1.54) is 19.2 Å². The van der Waals surface area contributed by atoms with E-state index >= 15 is 0 Å². The van der Waals surface area contributed by atoms with Gasteiger partial charge < -0.3 is 14.5 Å². The van der Waals surface area contributed by atoms with Crippen molar-refractivity contribution in [3.63, 3.8) is 0 Å². The second-order valence-electron chi connectivity index (χ2n) is 9.54. The molecule has 37 heavy (non-hydrogen) atoms. The number of rotatable bonds is 5. The highest BCUT2D eigenvalue weighted by molar-refractivity contribution is 6.17. The molecule has 2 aliphatic heterocycles. The van der Waals surface area contributed by atoms with Gasteiger partial charge in [0.05, 0.1) is 19.3 Å². The minimum absolute atomic E-state index is 0.191. The molecule has 0 N–H and O–H groups in total. The summed E-state index contributed by atoms with van der Waals surface area (Å²) in [7, 11) is 1.54. The molecule has 0 saturated carbocycles. The van der Waals surface area contributed by atoms with E-state index in [4.69, 9.17) is 4.74 Å². The largest absolute Gasteiger partial charge is 0.497 e. The van der Waals surface area contributed by atoms with Gasteiger partial charge in [-0.05, 0) is 48.4 Å². The van der Waals surface area contributed by atoms with Gasteiger partial charge in [-0.3, -0.25) is 9.59 Å². The Morgan fingerprint density at radius 2 is 1.54 bits per heavy atom. The van der Waals surface area contributed by atoms with Crippen molar-refractivity contribution >= 4 is 17.5 Å². The molecule has 0 aliphatic carbocycles. The Kier molecular flexibility index (Phi) is 5.33. The summed E-state index contributed by atoms with van der Waals surface area (Å²) >= 11 is 0. The number of fused-ring (bicyclic) bond motifs is 4. The van der Waals surface area contributed by atoms with E-state index in [1.54, 1.807) is 34.1 Å². The van der Waals surface area contributed by atoms with E-state index in [0.717, 1.165) is 16.7 Å². The van der Waals surface area contributed by atoms with Crippen LogP contribution in [0.15, 0.2) is 91.0 Å². The van der Waals surface area contributed by atoms with Gasteiger partial charge >= 0.3 is 0 Å². The summed E-state index contributed by atoms with van der Waals surface area (Å²) in [4.78, 5) is 31.9. The number of amides is 2. The van der Waals surface area contributed by atoms with Crippen molar-refractivity contribution in [3.8, 4) is 5.75 Å². The molecule has 4 aromatic rings. The summed E-state index contributed by atoms with van der Waals surface area (Å²) in [6.45, 7) is 2.49. The van der Waals surface area contributed by atoms with Gasteiger partial charge in [-0.25, -0.2) is 4.39 Å². The van der Waals surface area contributed by atoms with Crippen molar-refractivity contribution in [3.05, 3.63) is 130 Å². The van der Waals surface area contributed by atoms with Crippen molar-refractivity contribution in [2.45, 2.75) is 25.6 Å². The summed E-state index contributed by atoms with van der Waals surface area (Å²) < 4.78 is 20.2. The lowest BCUT2D eigenvalue weighted by Crippen LogP contribution is -2.51. The lowest BCUT2D eigenvalue weighted by molar-refractivity contribution is -0.126. The number of anilines is 1. The fraction of sp³-hybridized carbons (Fsp3) is 0.161. The van der Waals surface area contributed by atoms with E-state index in [1.807, 2.05) is 61.5 Å². The molecule has 0 fully saturated rings. The highest BCUT2D eigenvalue weighted by Crippen LogP contribution is 2.54. The molecule has 184 valence electrons. The van der Waals surface area contributed by atoms with E-state index in [2.05, 4.69) is 0 Å². The quantitative estimate of drug-likeness (QED) is 0.365. The van der Waals surface area contributed by atoms with Gasteiger partial charge in [-0.15, -0.1) is 0 Å². The van der Waals surface area contributed by atoms with Crippen LogP contribution in [0.25, 0.3) is 0 Å². The minimum Gasteiger partial charge on any atom is -0.497 e. The van der Waals surface area contributed by atoms with E-state index in [9.17, 15) is 14.0 Å². The normalized spacial score (nSPS) is 17.9. The Morgan fingerprint density at radius 1 is 0.811 bits per heavy atom. The van der Waals surface area contributed by atoms with Crippen LogP contribution < -0.4 is 9.64 Å². The monoisotopic (exact) mass is 492 g/mol. The molecule has 4 aromatic carbocycles. The molecular weight excluding hydrogens is 467 g/mol. The fourth-order valence-electron chi connectivity index (χ4n) is 5.55. The van der Waals surface area contributed by atoms with Crippen LogP contribution in [0.5, 0.6) is 5.75 Å². The first-order valence-electron chi connectivity index (χ1n) is 12.2. The van der Waals surface area contributed by atoms with E-state index < -0.39 is 11.4 Å². The summed E-state index contributed by atoms with van der Waals surface area (Å²) in [5, 5.41) is 0. The Labute approximate surface area is 214 Å². The molecule has 0 aromatic heterocycles. The van der Waals surface area contributed by atoms with Crippen LogP contribution in [0.1, 0.15) is 38.2 Å². The first-order chi connectivity index (χ1) is 17.9. The lowest BCUT2D eigenvalue weighted by Gasteiger charge is -2.35. The summed E-state index contributed by atoms with van der Waals surface area (Å²) in [6.07, 6.45) is 0. The van der Waals surface area contributed by atoms with Crippen LogP contribution in [0.4, 0.5) is 10.1 Å². The number of nitrogens with zero attached hydrogens (tertiary/aromatic N) is 2. The zero-order chi connectivity index (χ0) is 25.7. The molecule has 2 aliphatic rings. The third-order valence-corrected chi connectivity index (χ3v) is 7.34. The maximum Gasteiger partial charge on any atom is 0.262 e. The van der Waals surface area contributed by atoms with Crippen LogP contribution >= 0.6 is 0 Å². The smallest absolute Gasteiger partial charge is 0.262 e. The Hall–Kier alpha value is -4.45. The molecule has 0 bridgehead atoms. The summed E-state index contributed by atoms with van der Waals surface area (Å²) in [5.74, 6) is -0.511.